The molecule has 2 aromatic rings. The topological polar surface area (TPSA) is 70.7 Å². The van der Waals surface area contributed by atoms with E-state index in [0.717, 1.165) is 30.8 Å². The van der Waals surface area contributed by atoms with Gasteiger partial charge >= 0.3 is 0 Å². The van der Waals surface area contributed by atoms with Crippen molar-refractivity contribution in [1.29, 1.82) is 0 Å². The number of carbonyl (C=O) groups is 2. The summed E-state index contributed by atoms with van der Waals surface area (Å²) in [5.41, 5.74) is 2.13. The van der Waals surface area contributed by atoms with Gasteiger partial charge in [0.1, 0.15) is 0 Å². The first kappa shape index (κ1) is 18.9. The number of hydrogen-bond donors (Lipinski definition) is 2. The van der Waals surface area contributed by atoms with Gasteiger partial charge in [0.15, 0.2) is 0 Å². The van der Waals surface area contributed by atoms with E-state index in [1.54, 1.807) is 30.1 Å². The zero-order chi connectivity index (χ0) is 19.1. The minimum absolute atomic E-state index is 0.0607. The fraction of sp³-hybridized carbons (Fsp3) is 0.333. The number of amides is 2. The zero-order valence-corrected chi connectivity index (χ0v) is 15.5. The van der Waals surface area contributed by atoms with Gasteiger partial charge in [-0.15, -0.1) is 0 Å². The van der Waals surface area contributed by atoms with Crippen molar-refractivity contribution in [3.8, 4) is 0 Å². The highest BCUT2D eigenvalue weighted by molar-refractivity contribution is 5.97. The summed E-state index contributed by atoms with van der Waals surface area (Å²) >= 11 is 0. The van der Waals surface area contributed by atoms with Crippen LogP contribution in [0.1, 0.15) is 23.2 Å². The Balaban J connectivity index is 1.52. The Kier molecular flexibility index (Phi) is 6.44. The Hall–Kier alpha value is -2.86. The first-order chi connectivity index (χ1) is 13.1. The normalized spacial score (nSPS) is 16.0. The maximum absolute atomic E-state index is 12.4. The van der Waals surface area contributed by atoms with Crippen LogP contribution in [-0.4, -0.2) is 44.7 Å². The highest BCUT2D eigenvalue weighted by Crippen LogP contribution is 2.14. The molecule has 1 heterocycles. The lowest BCUT2D eigenvalue weighted by Crippen LogP contribution is -2.32. The number of nitrogens with one attached hydrogen (secondary N) is 2. The van der Waals surface area contributed by atoms with Gasteiger partial charge in [-0.25, -0.2) is 0 Å². The number of para-hydroxylation sites is 1. The van der Waals surface area contributed by atoms with Crippen molar-refractivity contribution >= 4 is 23.2 Å². The van der Waals surface area contributed by atoms with E-state index in [1.165, 1.54) is 0 Å². The van der Waals surface area contributed by atoms with E-state index in [2.05, 4.69) is 10.6 Å². The summed E-state index contributed by atoms with van der Waals surface area (Å²) in [4.78, 5) is 26.3. The third kappa shape index (κ3) is 5.31. The Bertz CT molecular complexity index is 773. The second-order valence-electron chi connectivity index (χ2n) is 6.57. The molecule has 0 aliphatic carbocycles. The number of ether oxygens (including phenoxy) is 1. The first-order valence-electron chi connectivity index (χ1n) is 9.19. The summed E-state index contributed by atoms with van der Waals surface area (Å²) in [6.45, 7) is 1.44. The largest absolute Gasteiger partial charge is 0.376 e. The SMILES string of the molecule is CN(C(=O)CNc1cccc(C(=O)NCC2CCCO2)c1)c1ccccc1. The molecule has 27 heavy (non-hydrogen) atoms. The molecule has 2 amide bonds. The van der Waals surface area contributed by atoms with E-state index in [9.17, 15) is 9.59 Å². The molecule has 1 fully saturated rings. The smallest absolute Gasteiger partial charge is 0.251 e. The molecular weight excluding hydrogens is 342 g/mol. The number of anilines is 2. The molecule has 142 valence electrons. The Morgan fingerprint density at radius 2 is 1.96 bits per heavy atom. The van der Waals surface area contributed by atoms with Crippen LogP contribution in [0, 0.1) is 0 Å². The number of hydrogen-bond acceptors (Lipinski definition) is 4. The molecule has 0 saturated carbocycles. The second kappa shape index (κ2) is 9.19. The van der Waals surface area contributed by atoms with Gasteiger partial charge in [-0.05, 0) is 43.2 Å². The van der Waals surface area contributed by atoms with Crippen LogP contribution >= 0.6 is 0 Å². The zero-order valence-electron chi connectivity index (χ0n) is 15.5. The minimum Gasteiger partial charge on any atom is -0.376 e. The van der Waals surface area contributed by atoms with Crippen LogP contribution in [0.3, 0.4) is 0 Å². The van der Waals surface area contributed by atoms with Crippen LogP contribution in [-0.2, 0) is 9.53 Å². The van der Waals surface area contributed by atoms with E-state index in [4.69, 9.17) is 4.74 Å². The second-order valence-corrected chi connectivity index (χ2v) is 6.57. The lowest BCUT2D eigenvalue weighted by Gasteiger charge is -2.18. The van der Waals surface area contributed by atoms with Gasteiger partial charge in [0.05, 0.1) is 12.6 Å². The molecule has 2 aromatic carbocycles. The Labute approximate surface area is 159 Å². The molecule has 3 rings (SSSR count). The summed E-state index contributed by atoms with van der Waals surface area (Å²) < 4.78 is 5.52. The summed E-state index contributed by atoms with van der Waals surface area (Å²) in [5.74, 6) is -0.198. The quantitative estimate of drug-likeness (QED) is 0.789. The van der Waals surface area contributed by atoms with Crippen molar-refractivity contribution in [2.75, 3.05) is 37.0 Å². The van der Waals surface area contributed by atoms with Crippen LogP contribution in [0.15, 0.2) is 54.6 Å². The predicted octanol–water partition coefficient (Wildman–Crippen LogP) is 2.67. The van der Waals surface area contributed by atoms with E-state index >= 15 is 0 Å². The van der Waals surface area contributed by atoms with Gasteiger partial charge in [0.2, 0.25) is 5.91 Å². The maximum Gasteiger partial charge on any atom is 0.251 e. The Morgan fingerprint density at radius 3 is 2.70 bits per heavy atom. The van der Waals surface area contributed by atoms with Gasteiger partial charge in [0, 0.05) is 37.1 Å². The van der Waals surface area contributed by atoms with Crippen molar-refractivity contribution in [2.45, 2.75) is 18.9 Å². The van der Waals surface area contributed by atoms with E-state index in [0.29, 0.717) is 12.1 Å². The average Bonchev–Trinajstić information content (AvgIpc) is 3.24. The molecular formula is C21H25N3O3. The monoisotopic (exact) mass is 367 g/mol. The number of likely N-dealkylation sites (N-methyl/N-ethyl adjacent to an activating group) is 1. The number of carbonyl (C=O) groups excluding carboxylic acids is 2. The van der Waals surface area contributed by atoms with Gasteiger partial charge in [-0.2, -0.15) is 0 Å². The van der Waals surface area contributed by atoms with Crippen molar-refractivity contribution in [1.82, 2.24) is 5.32 Å². The maximum atomic E-state index is 12.4. The molecule has 1 unspecified atom stereocenters. The fourth-order valence-corrected chi connectivity index (χ4v) is 2.98. The highest BCUT2D eigenvalue weighted by Gasteiger charge is 2.17. The summed E-state index contributed by atoms with van der Waals surface area (Å²) in [6, 6.07) is 16.6. The molecule has 1 aliphatic heterocycles. The van der Waals surface area contributed by atoms with Gasteiger partial charge in [-0.3, -0.25) is 9.59 Å². The minimum atomic E-state index is -0.137. The van der Waals surface area contributed by atoms with E-state index in [-0.39, 0.29) is 24.5 Å². The molecule has 0 bridgehead atoms. The lowest BCUT2D eigenvalue weighted by molar-refractivity contribution is -0.116. The summed E-state index contributed by atoms with van der Waals surface area (Å²) in [7, 11) is 1.74. The molecule has 0 spiro atoms. The van der Waals surface area contributed by atoms with Gasteiger partial charge in [-0.1, -0.05) is 24.3 Å². The average molecular weight is 367 g/mol. The van der Waals surface area contributed by atoms with Gasteiger partial charge in [0.25, 0.3) is 5.91 Å². The number of benzene rings is 2. The first-order valence-corrected chi connectivity index (χ1v) is 9.19. The number of rotatable bonds is 7. The van der Waals surface area contributed by atoms with Gasteiger partial charge < -0.3 is 20.3 Å². The van der Waals surface area contributed by atoms with E-state index in [1.807, 2.05) is 36.4 Å². The van der Waals surface area contributed by atoms with Crippen LogP contribution in [0.4, 0.5) is 11.4 Å². The van der Waals surface area contributed by atoms with Crippen molar-refractivity contribution in [3.05, 3.63) is 60.2 Å². The molecule has 1 aliphatic rings. The molecule has 0 radical (unpaired) electrons. The van der Waals surface area contributed by atoms with Crippen molar-refractivity contribution < 1.29 is 14.3 Å². The molecule has 6 heteroatoms. The molecule has 1 saturated heterocycles. The highest BCUT2D eigenvalue weighted by atomic mass is 16.5. The molecule has 1 atom stereocenters. The van der Waals surface area contributed by atoms with E-state index < -0.39 is 0 Å². The summed E-state index contributed by atoms with van der Waals surface area (Å²) in [6.07, 6.45) is 2.14. The van der Waals surface area contributed by atoms with Crippen molar-refractivity contribution in [2.24, 2.45) is 0 Å². The third-order valence-corrected chi connectivity index (χ3v) is 4.60. The molecule has 0 aromatic heterocycles. The van der Waals surface area contributed by atoms with Crippen LogP contribution < -0.4 is 15.5 Å². The van der Waals surface area contributed by atoms with Crippen LogP contribution in [0.2, 0.25) is 0 Å². The van der Waals surface area contributed by atoms with Crippen LogP contribution in [0.5, 0.6) is 0 Å². The number of nitrogens with zero attached hydrogens (tertiary/aromatic N) is 1. The van der Waals surface area contributed by atoms with Crippen molar-refractivity contribution in [3.63, 3.8) is 0 Å². The summed E-state index contributed by atoms with van der Waals surface area (Å²) in [5, 5.41) is 6.00. The third-order valence-electron chi connectivity index (χ3n) is 4.60. The standard InChI is InChI=1S/C21H25N3O3/c1-24(18-9-3-2-4-10-18)20(25)15-22-17-8-5-7-16(13-17)21(26)23-14-19-11-6-12-27-19/h2-5,7-10,13,19,22H,6,11-12,14-15H2,1H3,(H,23,26). The molecule has 6 nitrogen and oxygen atoms in total. The molecule has 2 N–H and O–H groups in total. The fourth-order valence-electron chi connectivity index (χ4n) is 2.98. The predicted molar refractivity (Wildman–Crippen MR) is 106 cm³/mol. The Morgan fingerprint density at radius 1 is 1.15 bits per heavy atom. The lowest BCUT2D eigenvalue weighted by atomic mass is 10.1. The van der Waals surface area contributed by atoms with Crippen LogP contribution in [0.25, 0.3) is 0 Å².